The van der Waals surface area contributed by atoms with Gasteiger partial charge in [0.15, 0.2) is 0 Å². The Bertz CT molecular complexity index is 1620. The summed E-state index contributed by atoms with van der Waals surface area (Å²) in [6.45, 7) is 7.18. The Kier molecular flexibility index (Phi) is 6.46. The fourth-order valence-corrected chi connectivity index (χ4v) is 5.27. The molecule has 8 heteroatoms. The Labute approximate surface area is 233 Å². The lowest BCUT2D eigenvalue weighted by Gasteiger charge is -2.24. The number of pyridine rings is 1. The zero-order valence-electron chi connectivity index (χ0n) is 22.3. The Hall–Kier alpha value is -3.99. The first-order chi connectivity index (χ1) is 18.8. The van der Waals surface area contributed by atoms with E-state index in [0.717, 1.165) is 28.0 Å². The lowest BCUT2D eigenvalue weighted by molar-refractivity contribution is 0.260. The monoisotopic (exact) mass is 537 g/mol. The van der Waals surface area contributed by atoms with Gasteiger partial charge in [-0.2, -0.15) is 5.26 Å². The molecule has 4 aromatic rings. The van der Waals surface area contributed by atoms with Crippen molar-refractivity contribution in [2.45, 2.75) is 45.7 Å². The number of nitrogens with one attached hydrogen (secondary N) is 4. The van der Waals surface area contributed by atoms with Gasteiger partial charge in [0.1, 0.15) is 6.07 Å². The molecule has 4 N–H and O–H groups in total. The summed E-state index contributed by atoms with van der Waals surface area (Å²) in [5.74, 6) is 0. The number of benzene rings is 3. The molecule has 3 aromatic carbocycles. The maximum atomic E-state index is 9.85. The number of nitriles is 1. The minimum absolute atomic E-state index is 0.0302. The number of halogens is 1. The fraction of sp³-hybridized carbons (Fsp3) is 0.290. The van der Waals surface area contributed by atoms with Crippen LogP contribution in [0.3, 0.4) is 0 Å². The molecule has 7 nitrogen and oxygen atoms in total. The van der Waals surface area contributed by atoms with Gasteiger partial charge in [-0.15, -0.1) is 5.53 Å². The maximum Gasteiger partial charge on any atom is 0.103 e. The van der Waals surface area contributed by atoms with Gasteiger partial charge >= 0.3 is 0 Å². The van der Waals surface area contributed by atoms with E-state index in [0.29, 0.717) is 28.7 Å². The minimum atomic E-state index is -0.182. The van der Waals surface area contributed by atoms with Crippen molar-refractivity contribution in [1.29, 1.82) is 5.26 Å². The summed E-state index contributed by atoms with van der Waals surface area (Å²) >= 11 is 6.81. The van der Waals surface area contributed by atoms with Crippen LogP contribution in [0.15, 0.2) is 72.7 Å². The third kappa shape index (κ3) is 5.18. The van der Waals surface area contributed by atoms with Crippen molar-refractivity contribution in [2.75, 3.05) is 17.2 Å². The molecule has 0 radical (unpaired) electrons. The number of hydrogen-bond acceptors (Lipinski definition) is 7. The molecule has 198 valence electrons. The first-order valence-corrected chi connectivity index (χ1v) is 13.7. The smallest absolute Gasteiger partial charge is 0.103 e. The van der Waals surface area contributed by atoms with Crippen LogP contribution in [0.25, 0.3) is 21.7 Å². The zero-order valence-corrected chi connectivity index (χ0v) is 23.1. The zero-order chi connectivity index (χ0) is 27.1. The topological polar surface area (TPSA) is 88.0 Å². The van der Waals surface area contributed by atoms with E-state index in [1.807, 2.05) is 12.1 Å². The molecule has 0 saturated heterocycles. The number of anilines is 2. The summed E-state index contributed by atoms with van der Waals surface area (Å²) in [4.78, 5) is 4.53. The van der Waals surface area contributed by atoms with Crippen LogP contribution in [0.5, 0.6) is 0 Å². The highest BCUT2D eigenvalue weighted by molar-refractivity contribution is 6.35. The molecule has 0 bridgehead atoms. The van der Waals surface area contributed by atoms with Gasteiger partial charge in [0.2, 0.25) is 0 Å². The molecule has 1 aromatic heterocycles. The van der Waals surface area contributed by atoms with E-state index >= 15 is 0 Å². The van der Waals surface area contributed by atoms with Gasteiger partial charge in [-0.25, -0.2) is 0 Å². The van der Waals surface area contributed by atoms with Crippen LogP contribution in [-0.4, -0.2) is 22.6 Å². The van der Waals surface area contributed by atoms with Crippen LogP contribution in [0.1, 0.15) is 50.8 Å². The highest BCUT2D eigenvalue weighted by atomic mass is 35.5. The number of hydrogen-bond donors (Lipinski definition) is 4. The highest BCUT2D eigenvalue weighted by Gasteiger charge is 2.32. The van der Waals surface area contributed by atoms with Crippen molar-refractivity contribution in [3.8, 4) is 6.07 Å². The molecule has 0 spiro atoms. The van der Waals surface area contributed by atoms with Crippen LogP contribution in [-0.2, 0) is 0 Å². The van der Waals surface area contributed by atoms with E-state index in [-0.39, 0.29) is 11.5 Å². The van der Waals surface area contributed by atoms with Crippen molar-refractivity contribution in [3.63, 3.8) is 0 Å². The van der Waals surface area contributed by atoms with E-state index < -0.39 is 0 Å². The van der Waals surface area contributed by atoms with Gasteiger partial charge in [0, 0.05) is 36.1 Å². The van der Waals surface area contributed by atoms with E-state index in [1.165, 1.54) is 23.6 Å². The molecule has 1 aliphatic carbocycles. The number of nitrogens with zero attached hydrogens (tertiary/aromatic N) is 3. The third-order valence-electron chi connectivity index (χ3n) is 7.14. The standard InChI is InChI=1S/C31H32ClN7/c1-31(2,3)18-35-28-20(15-33)16-34-29-25(28)13-21(14-26(29)32)36-30(27-17-39(38-37-27)22-11-12-22)24-10-6-8-19-7-4-5-9-23(19)24/h4-10,13-14,16-17,22,30,36-38H,11-12,18H2,1-3H3,(H,34,35)/t30-/m0/s1. The SMILES string of the molecule is CC(C)(C)CNc1c(C#N)cnc2c(Cl)cc(N[C@H](C3=CN(C4CC4)NN3)c3cccc4ccccc34)cc12. The average Bonchev–Trinajstić information content (AvgIpc) is 3.66. The quantitative estimate of drug-likeness (QED) is 0.205. The largest absolute Gasteiger partial charge is 0.383 e. The molecule has 39 heavy (non-hydrogen) atoms. The van der Waals surface area contributed by atoms with Gasteiger partial charge in [0.25, 0.3) is 0 Å². The lowest BCUT2D eigenvalue weighted by Crippen LogP contribution is -2.38. The van der Waals surface area contributed by atoms with Gasteiger partial charge in [0.05, 0.1) is 33.5 Å². The average molecular weight is 538 g/mol. The molecule has 6 rings (SSSR count). The van der Waals surface area contributed by atoms with Crippen molar-refractivity contribution >= 4 is 44.7 Å². The summed E-state index contributed by atoms with van der Waals surface area (Å²) in [6, 6.07) is 21.4. The Morgan fingerprint density at radius 1 is 1.13 bits per heavy atom. The van der Waals surface area contributed by atoms with Gasteiger partial charge < -0.3 is 16.1 Å². The highest BCUT2D eigenvalue weighted by Crippen LogP contribution is 2.38. The molecule has 1 saturated carbocycles. The van der Waals surface area contributed by atoms with Crippen molar-refractivity contribution in [3.05, 3.63) is 88.8 Å². The van der Waals surface area contributed by atoms with Crippen LogP contribution < -0.4 is 21.6 Å². The summed E-state index contributed by atoms with van der Waals surface area (Å²) in [5.41, 5.74) is 11.7. The van der Waals surface area contributed by atoms with E-state index in [2.05, 4.69) is 107 Å². The molecule has 2 aliphatic rings. The number of rotatable bonds is 7. The summed E-state index contributed by atoms with van der Waals surface area (Å²) < 4.78 is 0. The molecule has 0 unspecified atom stereocenters. The van der Waals surface area contributed by atoms with Gasteiger partial charge in [-0.05, 0) is 46.7 Å². The number of fused-ring (bicyclic) bond motifs is 2. The molecular weight excluding hydrogens is 506 g/mol. The predicted molar refractivity (Wildman–Crippen MR) is 159 cm³/mol. The van der Waals surface area contributed by atoms with Crippen LogP contribution in [0.4, 0.5) is 11.4 Å². The van der Waals surface area contributed by atoms with E-state index in [9.17, 15) is 5.26 Å². The van der Waals surface area contributed by atoms with Crippen LogP contribution in [0, 0.1) is 16.7 Å². The van der Waals surface area contributed by atoms with Crippen LogP contribution in [0.2, 0.25) is 5.02 Å². The van der Waals surface area contributed by atoms with Crippen LogP contribution >= 0.6 is 11.6 Å². The van der Waals surface area contributed by atoms with Gasteiger partial charge in [-0.1, -0.05) is 74.8 Å². The molecule has 2 heterocycles. The molecule has 0 amide bonds. The normalized spacial score (nSPS) is 16.1. The van der Waals surface area contributed by atoms with E-state index in [1.54, 1.807) is 6.20 Å². The summed E-state index contributed by atoms with van der Waals surface area (Å²) in [6.07, 6.45) is 6.12. The predicted octanol–water partition coefficient (Wildman–Crippen LogP) is 6.85. The molecule has 1 atom stereocenters. The maximum absolute atomic E-state index is 9.85. The minimum Gasteiger partial charge on any atom is -0.383 e. The second kappa shape index (κ2) is 9.96. The second-order valence-corrected chi connectivity index (χ2v) is 11.9. The first kappa shape index (κ1) is 25.3. The molecule has 1 fully saturated rings. The Morgan fingerprint density at radius 3 is 2.69 bits per heavy atom. The lowest BCUT2D eigenvalue weighted by atomic mass is 9.96. The van der Waals surface area contributed by atoms with Crippen molar-refractivity contribution in [2.24, 2.45) is 5.41 Å². The number of hydrazine groups is 2. The second-order valence-electron chi connectivity index (χ2n) is 11.5. The van der Waals surface area contributed by atoms with Crippen molar-refractivity contribution < 1.29 is 0 Å². The summed E-state index contributed by atoms with van der Waals surface area (Å²) in [5, 5.41) is 23.0. The molecular formula is C31H32ClN7. The Morgan fingerprint density at radius 2 is 1.92 bits per heavy atom. The molecule has 1 aliphatic heterocycles. The number of aromatic nitrogens is 1. The first-order valence-electron chi connectivity index (χ1n) is 13.3. The third-order valence-corrected chi connectivity index (χ3v) is 7.43. The Balaban J connectivity index is 1.46. The van der Waals surface area contributed by atoms with Gasteiger partial charge in [-0.3, -0.25) is 9.99 Å². The van der Waals surface area contributed by atoms with E-state index in [4.69, 9.17) is 11.6 Å². The summed E-state index contributed by atoms with van der Waals surface area (Å²) in [7, 11) is 0. The van der Waals surface area contributed by atoms with Crippen molar-refractivity contribution in [1.82, 2.24) is 21.0 Å². The fourth-order valence-electron chi connectivity index (χ4n) is 5.00.